The number of ether oxygens (including phenoxy) is 1. The van der Waals surface area contributed by atoms with E-state index in [9.17, 15) is 4.79 Å². The number of hydrogen-bond donors (Lipinski definition) is 1. The van der Waals surface area contributed by atoms with Gasteiger partial charge in [0.1, 0.15) is 17.1 Å². The lowest BCUT2D eigenvalue weighted by atomic mass is 10.3. The van der Waals surface area contributed by atoms with Gasteiger partial charge in [0.15, 0.2) is 5.65 Å². The van der Waals surface area contributed by atoms with Gasteiger partial charge in [-0.05, 0) is 31.2 Å². The van der Waals surface area contributed by atoms with E-state index >= 15 is 0 Å². The summed E-state index contributed by atoms with van der Waals surface area (Å²) >= 11 is 0. The number of nitrogens with zero attached hydrogens (tertiary/aromatic N) is 5. The molecular weight excluding hydrogens is 368 g/mol. The number of rotatable bonds is 5. The summed E-state index contributed by atoms with van der Waals surface area (Å²) in [6.45, 7) is 6.89. The number of anilines is 1. The average molecular weight is 394 g/mol. The molecule has 0 bridgehead atoms. The Morgan fingerprint density at radius 3 is 2.76 bits per heavy atom. The molecule has 1 N–H and O–H groups in total. The number of hydrogen-bond acceptors (Lipinski definition) is 5. The number of carbonyl (C=O) groups excluding carboxylic acids is 1. The first-order chi connectivity index (χ1) is 14.1. The first-order valence-electron chi connectivity index (χ1n) is 9.84. The minimum atomic E-state index is -0.0708. The summed E-state index contributed by atoms with van der Waals surface area (Å²) in [6, 6.07) is 11.2. The van der Waals surface area contributed by atoms with Crippen LogP contribution in [0.2, 0.25) is 0 Å². The van der Waals surface area contributed by atoms with E-state index in [4.69, 9.17) is 4.74 Å². The van der Waals surface area contributed by atoms with Gasteiger partial charge in [0.05, 0.1) is 7.11 Å². The molecular formula is C21H26N6O2. The second kappa shape index (κ2) is 8.48. The number of fused-ring (bicyclic) bond motifs is 1. The number of urea groups is 1. The maximum absolute atomic E-state index is 12.5. The predicted molar refractivity (Wildman–Crippen MR) is 112 cm³/mol. The maximum atomic E-state index is 12.5. The Hall–Kier alpha value is -3.13. The van der Waals surface area contributed by atoms with E-state index in [-0.39, 0.29) is 6.03 Å². The lowest BCUT2D eigenvalue weighted by Gasteiger charge is -2.34. The third-order valence-electron chi connectivity index (χ3n) is 5.31. The Kier molecular flexibility index (Phi) is 5.62. The Labute approximate surface area is 170 Å². The summed E-state index contributed by atoms with van der Waals surface area (Å²) in [7, 11) is 1.62. The highest BCUT2D eigenvalue weighted by Gasteiger charge is 2.21. The van der Waals surface area contributed by atoms with Crippen molar-refractivity contribution in [3.8, 4) is 5.75 Å². The highest BCUT2D eigenvalue weighted by atomic mass is 16.5. The van der Waals surface area contributed by atoms with Gasteiger partial charge in [-0.1, -0.05) is 6.07 Å². The molecule has 8 nitrogen and oxygen atoms in total. The van der Waals surface area contributed by atoms with E-state index in [1.165, 1.54) is 0 Å². The zero-order chi connectivity index (χ0) is 20.2. The Balaban J connectivity index is 1.29. The lowest BCUT2D eigenvalue weighted by Crippen LogP contribution is -2.50. The van der Waals surface area contributed by atoms with Crippen LogP contribution in [0, 0.1) is 6.92 Å². The largest absolute Gasteiger partial charge is 0.497 e. The smallest absolute Gasteiger partial charge is 0.321 e. The van der Waals surface area contributed by atoms with Crippen LogP contribution in [-0.4, -0.2) is 70.2 Å². The van der Waals surface area contributed by atoms with E-state index in [0.29, 0.717) is 13.1 Å². The van der Waals surface area contributed by atoms with Crippen LogP contribution >= 0.6 is 0 Å². The number of pyridine rings is 1. The topological polar surface area (TPSA) is 75.5 Å². The van der Waals surface area contributed by atoms with Gasteiger partial charge in [0.2, 0.25) is 0 Å². The number of piperazine rings is 1. The summed E-state index contributed by atoms with van der Waals surface area (Å²) in [6.07, 6.45) is 1.81. The van der Waals surface area contributed by atoms with Crippen molar-refractivity contribution < 1.29 is 9.53 Å². The molecule has 0 atom stereocenters. The molecule has 1 saturated heterocycles. The standard InChI is InChI=1S/C21H26N6O2/c1-16-23-19-7-4-8-22-20(19)27(16)14-11-25-9-12-26(13-10-25)21(28)24-17-5-3-6-18(15-17)29-2/h3-8,15H,9-14H2,1-2H3,(H,24,28). The summed E-state index contributed by atoms with van der Waals surface area (Å²) in [5.41, 5.74) is 2.61. The molecule has 0 radical (unpaired) electrons. The third-order valence-corrected chi connectivity index (χ3v) is 5.31. The van der Waals surface area contributed by atoms with Crippen LogP contribution in [-0.2, 0) is 6.54 Å². The quantitative estimate of drug-likeness (QED) is 0.720. The van der Waals surface area contributed by atoms with Gasteiger partial charge < -0.3 is 19.5 Å². The van der Waals surface area contributed by atoms with E-state index in [1.807, 2.05) is 48.2 Å². The van der Waals surface area contributed by atoms with Gasteiger partial charge in [-0.3, -0.25) is 4.90 Å². The number of nitrogens with one attached hydrogen (secondary N) is 1. The van der Waals surface area contributed by atoms with Crippen molar-refractivity contribution >= 4 is 22.9 Å². The summed E-state index contributed by atoms with van der Waals surface area (Å²) in [4.78, 5) is 25.8. The first kappa shape index (κ1) is 19.2. The molecule has 3 heterocycles. The van der Waals surface area contributed by atoms with E-state index < -0.39 is 0 Å². The van der Waals surface area contributed by atoms with Crippen LogP contribution in [0.4, 0.5) is 10.5 Å². The van der Waals surface area contributed by atoms with Crippen molar-refractivity contribution in [1.29, 1.82) is 0 Å². The number of amides is 2. The molecule has 1 aliphatic heterocycles. The van der Waals surface area contributed by atoms with Crippen molar-refractivity contribution in [2.24, 2.45) is 0 Å². The summed E-state index contributed by atoms with van der Waals surface area (Å²) in [5, 5.41) is 2.95. The van der Waals surface area contributed by atoms with Crippen molar-refractivity contribution in [3.05, 3.63) is 48.4 Å². The normalized spacial score (nSPS) is 14.9. The number of aryl methyl sites for hydroxylation is 1. The molecule has 2 amide bonds. The fourth-order valence-corrected chi connectivity index (χ4v) is 3.66. The van der Waals surface area contributed by atoms with E-state index in [1.54, 1.807) is 13.3 Å². The molecule has 0 spiro atoms. The molecule has 0 unspecified atom stereocenters. The molecule has 2 aromatic heterocycles. The van der Waals surface area contributed by atoms with Crippen molar-refractivity contribution in [2.45, 2.75) is 13.5 Å². The van der Waals surface area contributed by atoms with Crippen LogP contribution in [0.15, 0.2) is 42.6 Å². The molecule has 3 aromatic rings. The van der Waals surface area contributed by atoms with E-state index in [2.05, 4.69) is 24.8 Å². The number of carbonyl (C=O) groups is 1. The van der Waals surface area contributed by atoms with Gasteiger partial charge in [-0.2, -0.15) is 0 Å². The Bertz CT molecular complexity index is 994. The zero-order valence-electron chi connectivity index (χ0n) is 16.8. The van der Waals surface area contributed by atoms with Crippen molar-refractivity contribution in [1.82, 2.24) is 24.3 Å². The molecule has 8 heteroatoms. The highest BCUT2D eigenvalue weighted by molar-refractivity contribution is 5.89. The van der Waals surface area contributed by atoms with Crippen LogP contribution in [0.3, 0.4) is 0 Å². The number of methoxy groups -OCH3 is 1. The fraction of sp³-hybridized carbons (Fsp3) is 0.381. The number of imidazole rings is 1. The van der Waals surface area contributed by atoms with Crippen LogP contribution in [0.1, 0.15) is 5.82 Å². The highest BCUT2D eigenvalue weighted by Crippen LogP contribution is 2.18. The molecule has 1 aliphatic rings. The molecule has 4 rings (SSSR count). The molecule has 1 fully saturated rings. The number of benzene rings is 1. The second-order valence-corrected chi connectivity index (χ2v) is 7.15. The molecule has 152 valence electrons. The minimum Gasteiger partial charge on any atom is -0.497 e. The van der Waals surface area contributed by atoms with Gasteiger partial charge in [0, 0.05) is 57.2 Å². The molecule has 0 aliphatic carbocycles. The zero-order valence-corrected chi connectivity index (χ0v) is 16.8. The SMILES string of the molecule is COc1cccc(NC(=O)N2CCN(CCn3c(C)nc4cccnc43)CC2)c1. The summed E-state index contributed by atoms with van der Waals surface area (Å²) in [5.74, 6) is 1.71. The maximum Gasteiger partial charge on any atom is 0.321 e. The lowest BCUT2D eigenvalue weighted by molar-refractivity contribution is 0.144. The van der Waals surface area contributed by atoms with Crippen LogP contribution < -0.4 is 10.1 Å². The monoisotopic (exact) mass is 394 g/mol. The molecule has 0 saturated carbocycles. The Morgan fingerprint density at radius 1 is 1.14 bits per heavy atom. The molecule has 29 heavy (non-hydrogen) atoms. The third kappa shape index (κ3) is 4.32. The first-order valence-corrected chi connectivity index (χ1v) is 9.84. The minimum absolute atomic E-state index is 0.0708. The summed E-state index contributed by atoms with van der Waals surface area (Å²) < 4.78 is 7.37. The Morgan fingerprint density at radius 2 is 1.97 bits per heavy atom. The van der Waals surface area contributed by atoms with Crippen molar-refractivity contribution in [3.63, 3.8) is 0 Å². The van der Waals surface area contributed by atoms with Crippen molar-refractivity contribution in [2.75, 3.05) is 45.2 Å². The molecule has 1 aromatic carbocycles. The predicted octanol–water partition coefficient (Wildman–Crippen LogP) is 2.60. The van der Waals surface area contributed by atoms with Gasteiger partial charge in [-0.15, -0.1) is 0 Å². The van der Waals surface area contributed by atoms with Gasteiger partial charge in [0.25, 0.3) is 0 Å². The van der Waals surface area contributed by atoms with Crippen LogP contribution in [0.25, 0.3) is 11.2 Å². The van der Waals surface area contributed by atoms with Gasteiger partial charge in [-0.25, -0.2) is 14.8 Å². The second-order valence-electron chi connectivity index (χ2n) is 7.15. The number of aromatic nitrogens is 3. The fourth-order valence-electron chi connectivity index (χ4n) is 3.66. The average Bonchev–Trinajstić information content (AvgIpc) is 3.07. The van der Waals surface area contributed by atoms with E-state index in [0.717, 1.165) is 54.6 Å². The van der Waals surface area contributed by atoms with Crippen LogP contribution in [0.5, 0.6) is 5.75 Å². The van der Waals surface area contributed by atoms with Gasteiger partial charge >= 0.3 is 6.03 Å².